The zero-order chi connectivity index (χ0) is 18.4. The predicted molar refractivity (Wildman–Crippen MR) is 94.8 cm³/mol. The Bertz CT molecular complexity index is 580. The van der Waals surface area contributed by atoms with E-state index in [1.807, 2.05) is 0 Å². The van der Waals surface area contributed by atoms with Crippen LogP contribution >= 0.6 is 0 Å². The molecule has 1 N–H and O–H groups in total. The highest BCUT2D eigenvalue weighted by Gasteiger charge is 2.43. The summed E-state index contributed by atoms with van der Waals surface area (Å²) in [5.41, 5.74) is -1.29. The number of hydrogen-bond acceptors (Lipinski definition) is 7. The van der Waals surface area contributed by atoms with Gasteiger partial charge in [-0.2, -0.15) is 0 Å². The van der Waals surface area contributed by atoms with E-state index in [0.717, 1.165) is 32.4 Å². The fraction of sp³-hybridized carbons (Fsp3) is 0.722. The number of amides is 1. The highest BCUT2D eigenvalue weighted by Crippen LogP contribution is 2.26. The molecule has 0 radical (unpaired) electrons. The standard InChI is InChI=1S/C18H28N4O4/c1-25-13-12-22-9-2-6-18(24,16(22)23)14-21-10-4-15(5-11-21)26-17-19-7-3-8-20-17/h3,7-8,15,24H,2,4-6,9-14H2,1H3/t18-/m0/s1. The Morgan fingerprint density at radius 2 is 2.00 bits per heavy atom. The third kappa shape index (κ3) is 4.69. The first-order valence-corrected chi connectivity index (χ1v) is 9.27. The van der Waals surface area contributed by atoms with Crippen molar-refractivity contribution in [2.45, 2.75) is 37.4 Å². The van der Waals surface area contributed by atoms with Crippen LogP contribution in [0, 0.1) is 0 Å². The summed E-state index contributed by atoms with van der Waals surface area (Å²) in [5, 5.41) is 10.9. The molecule has 0 spiro atoms. The number of β-amino-alcohol motifs (C(OH)–C–C–N with tert-alkyl or cyclic N) is 1. The van der Waals surface area contributed by atoms with Gasteiger partial charge in [0.2, 0.25) is 0 Å². The number of rotatable bonds is 7. The molecule has 2 fully saturated rings. The Labute approximate surface area is 154 Å². The second kappa shape index (κ2) is 8.75. The van der Waals surface area contributed by atoms with Crippen molar-refractivity contribution in [3.05, 3.63) is 18.5 Å². The van der Waals surface area contributed by atoms with E-state index in [2.05, 4.69) is 14.9 Å². The van der Waals surface area contributed by atoms with Gasteiger partial charge in [-0.15, -0.1) is 0 Å². The van der Waals surface area contributed by atoms with Crippen LogP contribution in [-0.2, 0) is 9.53 Å². The highest BCUT2D eigenvalue weighted by molar-refractivity contribution is 5.86. The van der Waals surface area contributed by atoms with Crippen molar-refractivity contribution < 1.29 is 19.4 Å². The predicted octanol–water partition coefficient (Wildman–Crippen LogP) is 0.320. The summed E-state index contributed by atoms with van der Waals surface area (Å²) in [6, 6.07) is 2.16. The van der Waals surface area contributed by atoms with E-state index in [0.29, 0.717) is 38.7 Å². The summed E-state index contributed by atoms with van der Waals surface area (Å²) >= 11 is 0. The normalized spacial score (nSPS) is 25.5. The largest absolute Gasteiger partial charge is 0.460 e. The molecule has 144 valence electrons. The average molecular weight is 364 g/mol. The number of likely N-dealkylation sites (tertiary alicyclic amines) is 2. The topological polar surface area (TPSA) is 88.0 Å². The van der Waals surface area contributed by atoms with Crippen molar-refractivity contribution in [2.24, 2.45) is 0 Å². The number of hydrogen-bond donors (Lipinski definition) is 1. The van der Waals surface area contributed by atoms with Crippen molar-refractivity contribution in [1.29, 1.82) is 0 Å². The molecule has 0 aromatic carbocycles. The van der Waals surface area contributed by atoms with E-state index in [4.69, 9.17) is 9.47 Å². The van der Waals surface area contributed by atoms with Crippen LogP contribution in [0.2, 0.25) is 0 Å². The van der Waals surface area contributed by atoms with Gasteiger partial charge in [-0.25, -0.2) is 9.97 Å². The minimum atomic E-state index is -1.29. The Morgan fingerprint density at radius 3 is 2.69 bits per heavy atom. The second-order valence-electron chi connectivity index (χ2n) is 7.04. The molecule has 0 unspecified atom stereocenters. The van der Waals surface area contributed by atoms with E-state index in [-0.39, 0.29) is 12.0 Å². The second-order valence-corrected chi connectivity index (χ2v) is 7.04. The number of carbonyl (C=O) groups excluding carboxylic acids is 1. The lowest BCUT2D eigenvalue weighted by atomic mass is 9.90. The molecular formula is C18H28N4O4. The van der Waals surface area contributed by atoms with Gasteiger partial charge in [0.05, 0.1) is 6.61 Å². The first-order valence-electron chi connectivity index (χ1n) is 9.27. The minimum absolute atomic E-state index is 0.0727. The van der Waals surface area contributed by atoms with Gasteiger partial charge in [-0.05, 0) is 31.7 Å². The lowest BCUT2D eigenvalue weighted by Gasteiger charge is -2.42. The van der Waals surface area contributed by atoms with Crippen LogP contribution in [-0.4, -0.2) is 88.9 Å². The number of aliphatic hydroxyl groups is 1. The third-order valence-corrected chi connectivity index (χ3v) is 5.10. The SMILES string of the molecule is COCCN1CCC[C@](O)(CN2CCC(Oc3ncccn3)CC2)C1=O. The zero-order valence-corrected chi connectivity index (χ0v) is 15.3. The van der Waals surface area contributed by atoms with Crippen molar-refractivity contribution in [2.75, 3.05) is 46.4 Å². The van der Waals surface area contributed by atoms with Crippen molar-refractivity contribution in [3.63, 3.8) is 0 Å². The molecule has 26 heavy (non-hydrogen) atoms. The first-order chi connectivity index (χ1) is 12.6. The van der Waals surface area contributed by atoms with Gasteiger partial charge in [-0.1, -0.05) is 0 Å². The van der Waals surface area contributed by atoms with Gasteiger partial charge >= 0.3 is 6.01 Å². The van der Waals surface area contributed by atoms with Gasteiger partial charge < -0.3 is 19.5 Å². The van der Waals surface area contributed by atoms with Crippen LogP contribution in [0.4, 0.5) is 0 Å². The van der Waals surface area contributed by atoms with Crippen LogP contribution in [0.25, 0.3) is 0 Å². The monoisotopic (exact) mass is 364 g/mol. The Morgan fingerprint density at radius 1 is 1.27 bits per heavy atom. The van der Waals surface area contributed by atoms with E-state index < -0.39 is 5.60 Å². The number of aromatic nitrogens is 2. The molecule has 3 rings (SSSR count). The molecule has 1 aromatic rings. The van der Waals surface area contributed by atoms with Crippen molar-refractivity contribution in [3.8, 4) is 6.01 Å². The Hall–Kier alpha value is -1.77. The number of nitrogens with zero attached hydrogens (tertiary/aromatic N) is 4. The number of piperidine rings is 2. The van der Waals surface area contributed by atoms with Crippen LogP contribution in [0.1, 0.15) is 25.7 Å². The van der Waals surface area contributed by atoms with Gasteiger partial charge in [-0.3, -0.25) is 9.69 Å². The maximum Gasteiger partial charge on any atom is 0.316 e. The quantitative estimate of drug-likeness (QED) is 0.745. The van der Waals surface area contributed by atoms with Crippen molar-refractivity contribution in [1.82, 2.24) is 19.8 Å². The van der Waals surface area contributed by atoms with Crippen LogP contribution < -0.4 is 4.74 Å². The summed E-state index contributed by atoms with van der Waals surface area (Å²) in [7, 11) is 1.62. The number of ether oxygens (including phenoxy) is 2. The lowest BCUT2D eigenvalue weighted by molar-refractivity contribution is -0.160. The highest BCUT2D eigenvalue weighted by atomic mass is 16.5. The molecular weight excluding hydrogens is 336 g/mol. The summed E-state index contributed by atoms with van der Waals surface area (Å²) < 4.78 is 10.9. The molecule has 8 nitrogen and oxygen atoms in total. The number of methoxy groups -OCH3 is 1. The third-order valence-electron chi connectivity index (χ3n) is 5.10. The fourth-order valence-electron chi connectivity index (χ4n) is 3.68. The molecule has 8 heteroatoms. The number of carbonyl (C=O) groups is 1. The molecule has 0 bridgehead atoms. The molecule has 2 aliphatic rings. The van der Waals surface area contributed by atoms with E-state index in [1.165, 1.54) is 0 Å². The molecule has 1 aromatic heterocycles. The fourth-order valence-corrected chi connectivity index (χ4v) is 3.68. The summed E-state index contributed by atoms with van der Waals surface area (Å²) in [6.45, 7) is 3.66. The molecule has 1 amide bonds. The molecule has 0 saturated carbocycles. The van der Waals surface area contributed by atoms with Gasteiger partial charge in [0, 0.05) is 52.2 Å². The summed E-state index contributed by atoms with van der Waals surface area (Å²) in [4.78, 5) is 24.7. The minimum Gasteiger partial charge on any atom is -0.460 e. The maximum atomic E-state index is 12.7. The average Bonchev–Trinajstić information content (AvgIpc) is 2.66. The Kier molecular flexibility index (Phi) is 6.39. The van der Waals surface area contributed by atoms with Crippen molar-refractivity contribution >= 4 is 5.91 Å². The van der Waals surface area contributed by atoms with Gasteiger partial charge in [0.1, 0.15) is 6.10 Å². The molecule has 3 heterocycles. The Balaban J connectivity index is 1.49. The smallest absolute Gasteiger partial charge is 0.316 e. The molecule has 2 aliphatic heterocycles. The van der Waals surface area contributed by atoms with Gasteiger partial charge in [0.25, 0.3) is 5.91 Å². The van der Waals surface area contributed by atoms with E-state index in [9.17, 15) is 9.90 Å². The maximum absolute atomic E-state index is 12.7. The van der Waals surface area contributed by atoms with E-state index in [1.54, 1.807) is 30.5 Å². The van der Waals surface area contributed by atoms with Crippen LogP contribution in [0.15, 0.2) is 18.5 Å². The van der Waals surface area contributed by atoms with Crippen LogP contribution in [0.5, 0.6) is 6.01 Å². The molecule has 1 atom stereocenters. The zero-order valence-electron chi connectivity index (χ0n) is 15.3. The van der Waals surface area contributed by atoms with E-state index >= 15 is 0 Å². The van der Waals surface area contributed by atoms with Crippen LogP contribution in [0.3, 0.4) is 0 Å². The summed E-state index contributed by atoms with van der Waals surface area (Å²) in [6.07, 6.45) is 6.39. The molecule has 0 aliphatic carbocycles. The first kappa shape index (κ1) is 19.0. The lowest BCUT2D eigenvalue weighted by Crippen LogP contribution is -2.59. The summed E-state index contributed by atoms with van der Waals surface area (Å²) in [5.74, 6) is -0.170. The molecule has 2 saturated heterocycles. The van der Waals surface area contributed by atoms with Gasteiger partial charge in [0.15, 0.2) is 5.60 Å².